The van der Waals surface area contributed by atoms with Crippen molar-refractivity contribution < 1.29 is 14.0 Å². The predicted molar refractivity (Wildman–Crippen MR) is 82.2 cm³/mol. The fourth-order valence-electron chi connectivity index (χ4n) is 1.94. The molecule has 6 heteroatoms. The average Bonchev–Trinajstić information content (AvgIpc) is 3.08. The van der Waals surface area contributed by atoms with Gasteiger partial charge in [-0.05, 0) is 23.3 Å². The van der Waals surface area contributed by atoms with Gasteiger partial charge in [-0.15, -0.1) is 0 Å². The monoisotopic (exact) mass is 309 g/mol. The van der Waals surface area contributed by atoms with Crippen LogP contribution in [0.1, 0.15) is 11.3 Å². The number of halogens is 1. The zero-order chi connectivity index (χ0) is 16.5. The van der Waals surface area contributed by atoms with Crippen LogP contribution < -0.4 is 0 Å². The van der Waals surface area contributed by atoms with Crippen molar-refractivity contribution in [1.29, 1.82) is 0 Å². The molecule has 0 aliphatic heterocycles. The van der Waals surface area contributed by atoms with E-state index in [-0.39, 0.29) is 12.0 Å². The molecule has 0 spiro atoms. The van der Waals surface area contributed by atoms with Crippen LogP contribution in [0.5, 0.6) is 0 Å². The highest BCUT2D eigenvalue weighted by molar-refractivity contribution is 5.71. The number of carbonyl (C=O) groups excluding carboxylic acids is 2. The summed E-state index contributed by atoms with van der Waals surface area (Å²) >= 11 is 0. The van der Waals surface area contributed by atoms with Gasteiger partial charge in [0.2, 0.25) is 0 Å². The van der Waals surface area contributed by atoms with Crippen molar-refractivity contribution in [3.8, 4) is 11.1 Å². The molecule has 3 aromatic rings. The first-order valence-electron chi connectivity index (χ1n) is 6.62. The molecule has 0 aliphatic carbocycles. The van der Waals surface area contributed by atoms with Crippen LogP contribution in [0.4, 0.5) is 4.39 Å². The third-order valence-corrected chi connectivity index (χ3v) is 2.98. The first kappa shape index (κ1) is 16.0. The van der Waals surface area contributed by atoms with Crippen LogP contribution in [-0.2, 0) is 9.59 Å². The van der Waals surface area contributed by atoms with Crippen molar-refractivity contribution in [2.45, 2.75) is 0 Å². The van der Waals surface area contributed by atoms with E-state index in [9.17, 15) is 4.39 Å². The molecule has 0 amide bonds. The average molecular weight is 309 g/mol. The minimum absolute atomic E-state index is 0.210. The molecule has 2 aromatic carbocycles. The highest BCUT2D eigenvalue weighted by Gasteiger charge is 2.02. The highest BCUT2D eigenvalue weighted by atomic mass is 19.1. The Morgan fingerprint density at radius 2 is 1.70 bits per heavy atom. The number of H-pyrrole nitrogens is 1. The van der Waals surface area contributed by atoms with E-state index < -0.39 is 0 Å². The SMILES string of the molecule is Fc1ccccc1-c1ccc(C=Cc2cn[nH]n2)cc1.O=C=O. The van der Waals surface area contributed by atoms with E-state index in [1.54, 1.807) is 18.3 Å². The molecule has 1 N–H and O–H groups in total. The summed E-state index contributed by atoms with van der Waals surface area (Å²) < 4.78 is 13.7. The Hall–Kier alpha value is -3.37. The van der Waals surface area contributed by atoms with Gasteiger partial charge in [-0.25, -0.2) is 4.39 Å². The number of rotatable bonds is 3. The van der Waals surface area contributed by atoms with Crippen LogP contribution in [0.2, 0.25) is 0 Å². The normalized spacial score (nSPS) is 9.96. The number of nitrogens with one attached hydrogen (secondary N) is 1. The van der Waals surface area contributed by atoms with Gasteiger partial charge in [0.05, 0.1) is 6.20 Å². The first-order chi connectivity index (χ1) is 11.2. The summed E-state index contributed by atoms with van der Waals surface area (Å²) in [6.07, 6.45) is 5.69. The molecule has 0 saturated heterocycles. The van der Waals surface area contributed by atoms with Gasteiger partial charge in [0.25, 0.3) is 0 Å². The summed E-state index contributed by atoms with van der Waals surface area (Å²) in [5.41, 5.74) is 3.26. The molecule has 3 rings (SSSR count). The van der Waals surface area contributed by atoms with E-state index >= 15 is 0 Å². The second-order valence-corrected chi connectivity index (χ2v) is 4.41. The Kier molecular flexibility index (Phi) is 5.68. The van der Waals surface area contributed by atoms with Crippen LogP contribution in [-0.4, -0.2) is 21.6 Å². The lowest BCUT2D eigenvalue weighted by atomic mass is 10.0. The molecule has 1 aromatic heterocycles. The predicted octanol–water partition coefficient (Wildman–Crippen LogP) is 3.20. The van der Waals surface area contributed by atoms with Crippen molar-refractivity contribution in [3.05, 3.63) is 71.8 Å². The summed E-state index contributed by atoms with van der Waals surface area (Å²) in [5, 5.41) is 10.2. The second-order valence-electron chi connectivity index (χ2n) is 4.41. The van der Waals surface area contributed by atoms with Gasteiger partial charge in [-0.3, -0.25) is 0 Å². The fourth-order valence-corrected chi connectivity index (χ4v) is 1.94. The van der Waals surface area contributed by atoms with E-state index in [0.717, 1.165) is 16.8 Å². The first-order valence-corrected chi connectivity index (χ1v) is 6.62. The van der Waals surface area contributed by atoms with Crippen LogP contribution >= 0.6 is 0 Å². The quantitative estimate of drug-likeness (QED) is 0.806. The number of hydrogen-bond acceptors (Lipinski definition) is 4. The van der Waals surface area contributed by atoms with Crippen molar-refractivity contribution in [2.24, 2.45) is 0 Å². The van der Waals surface area contributed by atoms with Gasteiger partial charge >= 0.3 is 6.15 Å². The maximum atomic E-state index is 13.7. The van der Waals surface area contributed by atoms with Gasteiger partial charge in [0.15, 0.2) is 0 Å². The molecule has 0 aliphatic rings. The zero-order valence-electron chi connectivity index (χ0n) is 11.9. The summed E-state index contributed by atoms with van der Waals surface area (Å²) in [7, 11) is 0. The third kappa shape index (κ3) is 4.56. The fraction of sp³-hybridized carbons (Fsp3) is 0. The van der Waals surface area contributed by atoms with Gasteiger partial charge in [0, 0.05) is 5.56 Å². The molecule has 0 atom stereocenters. The van der Waals surface area contributed by atoms with Gasteiger partial charge in [0.1, 0.15) is 11.5 Å². The number of aromatic amines is 1. The summed E-state index contributed by atoms with van der Waals surface area (Å²) in [6, 6.07) is 14.5. The Bertz CT molecular complexity index is 806. The maximum absolute atomic E-state index is 13.7. The minimum Gasteiger partial charge on any atom is -0.206 e. The molecule has 23 heavy (non-hydrogen) atoms. The molecule has 114 valence electrons. The molecule has 0 saturated carbocycles. The van der Waals surface area contributed by atoms with Crippen molar-refractivity contribution >= 4 is 18.3 Å². The molecular formula is C17H12FN3O2. The topological polar surface area (TPSA) is 75.7 Å². The Morgan fingerprint density at radius 1 is 1.00 bits per heavy atom. The minimum atomic E-state index is -0.210. The Balaban J connectivity index is 0.000000595. The van der Waals surface area contributed by atoms with E-state index in [4.69, 9.17) is 9.59 Å². The smallest absolute Gasteiger partial charge is 0.206 e. The van der Waals surface area contributed by atoms with E-state index in [0.29, 0.717) is 5.56 Å². The van der Waals surface area contributed by atoms with Crippen LogP contribution in [0, 0.1) is 5.82 Å². The van der Waals surface area contributed by atoms with Crippen molar-refractivity contribution in [3.63, 3.8) is 0 Å². The van der Waals surface area contributed by atoms with E-state index in [1.165, 1.54) is 6.07 Å². The lowest BCUT2D eigenvalue weighted by Crippen LogP contribution is -1.83. The summed E-state index contributed by atoms with van der Waals surface area (Å²) in [6.45, 7) is 0. The molecule has 0 fully saturated rings. The second kappa shape index (κ2) is 8.17. The summed E-state index contributed by atoms with van der Waals surface area (Å²) in [5.74, 6) is -0.210. The molecule has 0 unspecified atom stereocenters. The molecule has 5 nitrogen and oxygen atoms in total. The van der Waals surface area contributed by atoms with E-state index in [1.807, 2.05) is 42.5 Å². The van der Waals surface area contributed by atoms with Gasteiger partial charge < -0.3 is 0 Å². The standard InChI is InChI=1S/C16H12FN3.CO2/c17-16-4-2-1-3-15(16)13-8-5-12(6-9-13)7-10-14-11-18-20-19-14;2-1-3/h1-11H,(H,18,19,20);. The van der Waals surface area contributed by atoms with Crippen LogP contribution in [0.15, 0.2) is 54.7 Å². The molecule has 1 heterocycles. The van der Waals surface area contributed by atoms with E-state index in [2.05, 4.69) is 15.4 Å². The maximum Gasteiger partial charge on any atom is 0.373 e. The zero-order valence-corrected chi connectivity index (χ0v) is 11.9. The van der Waals surface area contributed by atoms with Crippen LogP contribution in [0.25, 0.3) is 23.3 Å². The number of hydrogen-bond donors (Lipinski definition) is 1. The van der Waals surface area contributed by atoms with Crippen LogP contribution in [0.3, 0.4) is 0 Å². The number of benzene rings is 2. The highest BCUT2D eigenvalue weighted by Crippen LogP contribution is 2.23. The van der Waals surface area contributed by atoms with Gasteiger partial charge in [-0.2, -0.15) is 25.0 Å². The lowest BCUT2D eigenvalue weighted by molar-refractivity contribution is -0.191. The van der Waals surface area contributed by atoms with Gasteiger partial charge in [-0.1, -0.05) is 48.5 Å². The van der Waals surface area contributed by atoms with Crippen molar-refractivity contribution in [2.75, 3.05) is 0 Å². The van der Waals surface area contributed by atoms with Crippen molar-refractivity contribution in [1.82, 2.24) is 15.4 Å². The molecule has 0 bridgehead atoms. The summed E-state index contributed by atoms with van der Waals surface area (Å²) in [4.78, 5) is 16.2. The largest absolute Gasteiger partial charge is 0.373 e. The molecular weight excluding hydrogens is 297 g/mol. The Morgan fingerprint density at radius 3 is 2.30 bits per heavy atom. The number of aromatic nitrogens is 3. The Labute approximate surface area is 131 Å². The third-order valence-electron chi connectivity index (χ3n) is 2.98. The number of nitrogens with zero attached hydrogens (tertiary/aromatic N) is 2. The molecule has 0 radical (unpaired) electrons. The lowest BCUT2D eigenvalue weighted by Gasteiger charge is -2.03.